The summed E-state index contributed by atoms with van der Waals surface area (Å²) in [7, 11) is 0. The van der Waals surface area contributed by atoms with E-state index < -0.39 is 5.41 Å². The first-order chi connectivity index (χ1) is 28.7. The van der Waals surface area contributed by atoms with Gasteiger partial charge in [0.2, 0.25) is 0 Å². The van der Waals surface area contributed by atoms with Crippen LogP contribution in [0.5, 0.6) is 11.5 Å². The van der Waals surface area contributed by atoms with E-state index in [-0.39, 0.29) is 0 Å². The number of benzene rings is 8. The molecule has 4 heteroatoms. The van der Waals surface area contributed by atoms with Gasteiger partial charge in [-0.15, -0.1) is 0 Å². The van der Waals surface area contributed by atoms with Crippen LogP contribution >= 0.6 is 0 Å². The lowest BCUT2D eigenvalue weighted by Crippen LogP contribution is -2.34. The maximum atomic E-state index is 7.41. The quantitative estimate of drug-likeness (QED) is 0.153. The fourth-order valence-corrected chi connectivity index (χ4v) is 8.35. The Bertz CT molecular complexity index is 2930. The van der Waals surface area contributed by atoms with Gasteiger partial charge in [-0.1, -0.05) is 188 Å². The second-order valence-electron chi connectivity index (χ2n) is 14.4. The van der Waals surface area contributed by atoms with E-state index in [4.69, 9.17) is 21.3 Å². The van der Waals surface area contributed by atoms with Gasteiger partial charge in [0.25, 0.3) is 0 Å². The van der Waals surface area contributed by atoms with Gasteiger partial charge in [0, 0.05) is 27.8 Å². The normalized spacial score (nSPS) is 12.4. The average molecular weight is 742 g/mol. The number of para-hydroxylation sites is 2. The van der Waals surface area contributed by atoms with Crippen LogP contribution in [0.25, 0.3) is 61.0 Å². The third-order valence-corrected chi connectivity index (χ3v) is 11.1. The molecule has 0 bridgehead atoms. The maximum Gasteiger partial charge on any atom is 0.187 e. The zero-order chi connectivity index (χ0) is 38.9. The molecule has 0 aliphatic carbocycles. The van der Waals surface area contributed by atoms with Gasteiger partial charge >= 0.3 is 0 Å². The van der Waals surface area contributed by atoms with Crippen LogP contribution in [0.1, 0.15) is 22.3 Å². The van der Waals surface area contributed by atoms with Crippen molar-refractivity contribution in [2.24, 2.45) is 0 Å². The Hall–Kier alpha value is -7.87. The minimum Gasteiger partial charge on any atom is -0.456 e. The summed E-state index contributed by atoms with van der Waals surface area (Å²) in [6.45, 7) is 7.41. The number of fused-ring (bicyclic) bond motifs is 2. The molecule has 0 amide bonds. The summed E-state index contributed by atoms with van der Waals surface area (Å²) in [5.74, 6) is 2.33. The van der Waals surface area contributed by atoms with Gasteiger partial charge in [-0.25, -0.2) is 14.8 Å². The zero-order valence-electron chi connectivity index (χ0n) is 31.5. The van der Waals surface area contributed by atoms with Crippen LogP contribution in [0, 0.1) is 6.57 Å². The fourth-order valence-electron chi connectivity index (χ4n) is 8.35. The maximum absolute atomic E-state index is 7.41. The smallest absolute Gasteiger partial charge is 0.187 e. The number of nitrogens with zero attached hydrogens (tertiary/aromatic N) is 3. The number of rotatable bonds is 7. The standard InChI is InChI=1S/C54H35N3O/c1-55-45-32-30-38(31-33-45)50-36-49(37-16-5-2-6-17-37)56-53(57-50)42-21-14-19-40(35-42)39-18-13-20-41(34-39)46-26-15-28-48-52(46)58-51-29-12-11-27-47(51)54(48,43-22-7-3-8-23-43)44-24-9-4-10-25-44/h2-36H. The van der Waals surface area contributed by atoms with Crippen molar-refractivity contribution in [1.29, 1.82) is 0 Å². The molecule has 2 heterocycles. The van der Waals surface area contributed by atoms with E-state index >= 15 is 0 Å². The van der Waals surface area contributed by atoms with E-state index in [0.717, 1.165) is 73.0 Å². The molecule has 1 aliphatic heterocycles. The van der Waals surface area contributed by atoms with Crippen molar-refractivity contribution >= 4 is 5.69 Å². The van der Waals surface area contributed by atoms with Gasteiger partial charge in [-0.2, -0.15) is 0 Å². The van der Waals surface area contributed by atoms with Crippen molar-refractivity contribution in [1.82, 2.24) is 9.97 Å². The molecule has 1 aromatic heterocycles. The largest absolute Gasteiger partial charge is 0.456 e. The molecule has 10 rings (SSSR count). The minimum absolute atomic E-state index is 0.593. The molecule has 0 N–H and O–H groups in total. The molecule has 272 valence electrons. The first kappa shape index (κ1) is 34.6. The Morgan fingerprint density at radius 3 is 1.57 bits per heavy atom. The topological polar surface area (TPSA) is 39.4 Å². The van der Waals surface area contributed by atoms with Crippen molar-refractivity contribution in [2.75, 3.05) is 0 Å². The molecule has 1 aliphatic rings. The highest BCUT2D eigenvalue weighted by molar-refractivity contribution is 5.83. The van der Waals surface area contributed by atoms with E-state index in [9.17, 15) is 0 Å². The summed E-state index contributed by atoms with van der Waals surface area (Å²) in [5, 5.41) is 0. The van der Waals surface area contributed by atoms with Crippen molar-refractivity contribution < 1.29 is 4.74 Å². The van der Waals surface area contributed by atoms with Crippen LogP contribution in [0.15, 0.2) is 212 Å². The summed E-state index contributed by atoms with van der Waals surface area (Å²) in [5.41, 5.74) is 13.3. The lowest BCUT2D eigenvalue weighted by Gasteiger charge is -2.42. The Morgan fingerprint density at radius 2 is 0.914 bits per heavy atom. The lowest BCUT2D eigenvalue weighted by atomic mass is 9.63. The lowest BCUT2D eigenvalue weighted by molar-refractivity contribution is 0.436. The molecule has 0 radical (unpaired) electrons. The predicted molar refractivity (Wildman–Crippen MR) is 234 cm³/mol. The van der Waals surface area contributed by atoms with E-state index in [0.29, 0.717) is 11.5 Å². The predicted octanol–water partition coefficient (Wildman–Crippen LogP) is 13.9. The monoisotopic (exact) mass is 741 g/mol. The van der Waals surface area contributed by atoms with Crippen LogP contribution in [0.2, 0.25) is 0 Å². The third kappa shape index (κ3) is 6.03. The molecule has 0 atom stereocenters. The molecule has 0 fully saturated rings. The van der Waals surface area contributed by atoms with E-state index in [1.807, 2.05) is 48.5 Å². The Kier molecular flexibility index (Phi) is 8.74. The number of hydrogen-bond donors (Lipinski definition) is 0. The molecular formula is C54H35N3O. The highest BCUT2D eigenvalue weighted by Gasteiger charge is 2.45. The van der Waals surface area contributed by atoms with Gasteiger partial charge in [-0.05, 0) is 57.6 Å². The second kappa shape index (κ2) is 14.7. The summed E-state index contributed by atoms with van der Waals surface area (Å²) in [4.78, 5) is 13.7. The van der Waals surface area contributed by atoms with Gasteiger partial charge in [0.1, 0.15) is 11.5 Å². The molecule has 4 nitrogen and oxygen atoms in total. The van der Waals surface area contributed by atoms with E-state index in [1.54, 1.807) is 0 Å². The highest BCUT2D eigenvalue weighted by Crippen LogP contribution is 2.57. The SMILES string of the molecule is [C-]#[N+]c1ccc(-c2cc(-c3ccccc3)nc(-c3cccc(-c4cccc(-c5cccc6c5Oc5ccccc5C6(c5ccccc5)c5ccccc5)c4)c3)n2)cc1. The molecule has 0 saturated carbocycles. The van der Waals surface area contributed by atoms with Crippen LogP contribution < -0.4 is 4.74 Å². The Morgan fingerprint density at radius 1 is 0.414 bits per heavy atom. The Balaban J connectivity index is 1.09. The molecule has 8 aromatic carbocycles. The number of ether oxygens (including phenoxy) is 1. The Labute approximate surface area is 338 Å². The molecule has 0 saturated heterocycles. The van der Waals surface area contributed by atoms with Crippen LogP contribution in [-0.4, -0.2) is 9.97 Å². The average Bonchev–Trinajstić information content (AvgIpc) is 3.31. The second-order valence-corrected chi connectivity index (χ2v) is 14.4. The summed E-state index contributed by atoms with van der Waals surface area (Å²) >= 11 is 0. The van der Waals surface area contributed by atoms with Crippen LogP contribution in [0.3, 0.4) is 0 Å². The van der Waals surface area contributed by atoms with Crippen LogP contribution in [-0.2, 0) is 5.41 Å². The summed E-state index contributed by atoms with van der Waals surface area (Å²) in [6.07, 6.45) is 0. The molecule has 0 unspecified atom stereocenters. The number of aromatic nitrogens is 2. The van der Waals surface area contributed by atoms with Gasteiger partial charge < -0.3 is 4.74 Å². The molecule has 0 spiro atoms. The van der Waals surface area contributed by atoms with Gasteiger partial charge in [0.05, 0.1) is 23.4 Å². The molecule has 9 aromatic rings. The zero-order valence-corrected chi connectivity index (χ0v) is 31.5. The van der Waals surface area contributed by atoms with Gasteiger partial charge in [-0.3, -0.25) is 0 Å². The first-order valence-electron chi connectivity index (χ1n) is 19.3. The first-order valence-corrected chi connectivity index (χ1v) is 19.3. The number of hydrogen-bond acceptors (Lipinski definition) is 3. The summed E-state index contributed by atoms with van der Waals surface area (Å²) < 4.78 is 6.96. The highest BCUT2D eigenvalue weighted by atomic mass is 16.5. The van der Waals surface area contributed by atoms with Crippen molar-refractivity contribution in [2.45, 2.75) is 5.41 Å². The fraction of sp³-hybridized carbons (Fsp3) is 0.0185. The molecular weight excluding hydrogens is 707 g/mol. The minimum atomic E-state index is -0.596. The third-order valence-electron chi connectivity index (χ3n) is 11.1. The molecule has 58 heavy (non-hydrogen) atoms. The van der Waals surface area contributed by atoms with E-state index in [1.165, 1.54) is 11.1 Å². The summed E-state index contributed by atoms with van der Waals surface area (Å²) in [6, 6.07) is 73.4. The van der Waals surface area contributed by atoms with Crippen LogP contribution in [0.4, 0.5) is 5.69 Å². The van der Waals surface area contributed by atoms with E-state index in [2.05, 4.69) is 169 Å². The van der Waals surface area contributed by atoms with Crippen molar-refractivity contribution in [3.8, 4) is 67.7 Å². The van der Waals surface area contributed by atoms with Gasteiger partial charge in [0.15, 0.2) is 11.5 Å². The van der Waals surface area contributed by atoms with Crippen molar-refractivity contribution in [3.63, 3.8) is 0 Å². The van der Waals surface area contributed by atoms with Crippen molar-refractivity contribution in [3.05, 3.63) is 246 Å².